The number of hydrazine groups is 1. The summed E-state index contributed by atoms with van der Waals surface area (Å²) < 4.78 is 25.1. The van der Waals surface area contributed by atoms with E-state index in [0.29, 0.717) is 22.8 Å². The number of amides is 2. The number of aryl methyl sites for hydroxylation is 1. The van der Waals surface area contributed by atoms with Gasteiger partial charge in [-0.25, -0.2) is 18.5 Å². The van der Waals surface area contributed by atoms with Crippen molar-refractivity contribution in [2.75, 3.05) is 5.75 Å². The smallest absolute Gasteiger partial charge is 0.269 e. The molecule has 2 amide bonds. The van der Waals surface area contributed by atoms with Gasteiger partial charge in [-0.15, -0.1) is 0 Å². The molecular weight excluding hydrogens is 426 g/mol. The summed E-state index contributed by atoms with van der Waals surface area (Å²) in [6, 6.07) is 13.0. The zero-order valence-electron chi connectivity index (χ0n) is 16.2. The molecule has 0 unspecified atom stereocenters. The zero-order chi connectivity index (χ0) is 21.7. The number of carbonyl (C=O) groups excluding carboxylic acids is 2. The van der Waals surface area contributed by atoms with Crippen molar-refractivity contribution >= 4 is 44.6 Å². The Bertz CT molecular complexity index is 1180. The number of primary sulfonamides is 1. The topological polar surface area (TPSA) is 136 Å². The molecule has 0 atom stereocenters. The van der Waals surface area contributed by atoms with Gasteiger partial charge in [0.25, 0.3) is 5.91 Å². The molecule has 0 aliphatic carbocycles. The van der Waals surface area contributed by atoms with Gasteiger partial charge in [-0.05, 0) is 36.8 Å². The number of benzene rings is 2. The lowest BCUT2D eigenvalue weighted by molar-refractivity contribution is -0.119. The Balaban J connectivity index is 1.69. The van der Waals surface area contributed by atoms with Gasteiger partial charge in [0, 0.05) is 12.1 Å². The number of hydrogen-bond donors (Lipinski definition) is 3. The molecule has 0 spiro atoms. The van der Waals surface area contributed by atoms with Crippen molar-refractivity contribution in [2.45, 2.75) is 29.9 Å². The standard InChI is InChI=1S/C19H21N5O4S2/c1-2-10-24-16-9-8-14(30(20,27)28)11-15(16)21-19(24)29-12-17(25)22-23-18(26)13-6-4-3-5-7-13/h3-9,11H,2,10,12H2,1H3,(H,22,25)(H,23,26)(H2,20,27,28). The molecule has 0 saturated heterocycles. The van der Waals surface area contributed by atoms with E-state index < -0.39 is 21.8 Å². The molecule has 3 aromatic rings. The number of hydrogen-bond acceptors (Lipinski definition) is 6. The van der Waals surface area contributed by atoms with E-state index in [1.165, 1.54) is 23.9 Å². The van der Waals surface area contributed by atoms with Crippen LogP contribution in [-0.2, 0) is 21.4 Å². The van der Waals surface area contributed by atoms with E-state index in [-0.39, 0.29) is 10.6 Å². The van der Waals surface area contributed by atoms with E-state index in [2.05, 4.69) is 15.8 Å². The fraction of sp³-hybridized carbons (Fsp3) is 0.211. The summed E-state index contributed by atoms with van der Waals surface area (Å²) in [7, 11) is -3.83. The highest BCUT2D eigenvalue weighted by molar-refractivity contribution is 7.99. The second-order valence-corrected chi connectivity index (χ2v) is 8.90. The maximum absolute atomic E-state index is 12.1. The van der Waals surface area contributed by atoms with Crippen LogP contribution in [0.3, 0.4) is 0 Å². The van der Waals surface area contributed by atoms with Crippen LogP contribution in [-0.4, -0.2) is 35.5 Å². The van der Waals surface area contributed by atoms with Gasteiger partial charge in [0.05, 0.1) is 21.7 Å². The van der Waals surface area contributed by atoms with Crippen LogP contribution in [0.25, 0.3) is 11.0 Å². The predicted molar refractivity (Wildman–Crippen MR) is 114 cm³/mol. The molecule has 158 valence electrons. The van der Waals surface area contributed by atoms with Gasteiger partial charge < -0.3 is 4.57 Å². The maximum Gasteiger partial charge on any atom is 0.269 e. The summed E-state index contributed by atoms with van der Waals surface area (Å²) >= 11 is 1.19. The zero-order valence-corrected chi connectivity index (χ0v) is 17.8. The van der Waals surface area contributed by atoms with Crippen LogP contribution in [0, 0.1) is 0 Å². The van der Waals surface area contributed by atoms with Crippen LogP contribution < -0.4 is 16.0 Å². The number of nitrogens with two attached hydrogens (primary N) is 1. The first-order valence-electron chi connectivity index (χ1n) is 9.09. The lowest BCUT2D eigenvalue weighted by Crippen LogP contribution is -2.42. The number of thioether (sulfide) groups is 1. The Morgan fingerprint density at radius 1 is 1.13 bits per heavy atom. The summed E-state index contributed by atoms with van der Waals surface area (Å²) in [5.41, 5.74) is 6.41. The molecule has 9 nitrogen and oxygen atoms in total. The molecule has 0 aliphatic heterocycles. The number of nitrogens with one attached hydrogen (secondary N) is 2. The number of rotatable bonds is 7. The fourth-order valence-corrected chi connectivity index (χ4v) is 4.14. The average Bonchev–Trinajstić information content (AvgIpc) is 3.07. The first-order chi connectivity index (χ1) is 14.3. The Labute approximate surface area is 178 Å². The van der Waals surface area contributed by atoms with Crippen molar-refractivity contribution < 1.29 is 18.0 Å². The minimum Gasteiger partial charge on any atom is -0.319 e. The van der Waals surface area contributed by atoms with Gasteiger partial charge in [0.15, 0.2) is 5.16 Å². The highest BCUT2D eigenvalue weighted by Gasteiger charge is 2.16. The van der Waals surface area contributed by atoms with Crippen molar-refractivity contribution in [1.82, 2.24) is 20.4 Å². The second kappa shape index (κ2) is 9.28. The summed E-state index contributed by atoms with van der Waals surface area (Å²) in [5, 5.41) is 5.77. The van der Waals surface area contributed by atoms with Gasteiger partial charge in [-0.2, -0.15) is 0 Å². The first-order valence-corrected chi connectivity index (χ1v) is 11.6. The SMILES string of the molecule is CCCn1c(SCC(=O)NNC(=O)c2ccccc2)nc2cc(S(N)(=O)=O)ccc21. The number of sulfonamides is 1. The molecule has 11 heteroatoms. The molecule has 0 radical (unpaired) electrons. The third-order valence-corrected chi connectivity index (χ3v) is 6.03. The van der Waals surface area contributed by atoms with Crippen LogP contribution in [0.4, 0.5) is 0 Å². The minimum absolute atomic E-state index is 0.0180. The van der Waals surface area contributed by atoms with E-state index >= 15 is 0 Å². The third-order valence-electron chi connectivity index (χ3n) is 4.14. The molecule has 4 N–H and O–H groups in total. The van der Waals surface area contributed by atoms with Gasteiger partial charge >= 0.3 is 0 Å². The molecule has 30 heavy (non-hydrogen) atoms. The Morgan fingerprint density at radius 3 is 2.53 bits per heavy atom. The van der Waals surface area contributed by atoms with Crippen LogP contribution in [0.2, 0.25) is 0 Å². The molecular formula is C19H21N5O4S2. The summed E-state index contributed by atoms with van der Waals surface area (Å²) in [6.45, 7) is 2.66. The number of nitrogens with zero attached hydrogens (tertiary/aromatic N) is 2. The summed E-state index contributed by atoms with van der Waals surface area (Å²) in [5.74, 6) is -0.795. The number of aromatic nitrogens is 2. The number of carbonyl (C=O) groups is 2. The Kier molecular flexibility index (Phi) is 6.75. The van der Waals surface area contributed by atoms with Crippen molar-refractivity contribution in [3.8, 4) is 0 Å². The lowest BCUT2D eigenvalue weighted by Gasteiger charge is -2.09. The van der Waals surface area contributed by atoms with Crippen LogP contribution >= 0.6 is 11.8 Å². The van der Waals surface area contributed by atoms with E-state index in [0.717, 1.165) is 11.9 Å². The third kappa shape index (κ3) is 5.17. The van der Waals surface area contributed by atoms with Crippen LogP contribution in [0.15, 0.2) is 58.6 Å². The van der Waals surface area contributed by atoms with E-state index in [1.807, 2.05) is 11.5 Å². The predicted octanol–water partition coefficient (Wildman–Crippen LogP) is 1.65. The fourth-order valence-electron chi connectivity index (χ4n) is 2.77. The van der Waals surface area contributed by atoms with Gasteiger partial charge in [0.1, 0.15) is 0 Å². The quantitative estimate of drug-likeness (QED) is 0.372. The average molecular weight is 448 g/mol. The Morgan fingerprint density at radius 2 is 1.87 bits per heavy atom. The molecule has 1 heterocycles. The van der Waals surface area contributed by atoms with Gasteiger partial charge in [0.2, 0.25) is 15.9 Å². The lowest BCUT2D eigenvalue weighted by atomic mass is 10.2. The number of imidazole rings is 1. The molecule has 3 rings (SSSR count). The molecule has 1 aromatic heterocycles. The van der Waals surface area contributed by atoms with Gasteiger partial charge in [-0.3, -0.25) is 20.4 Å². The van der Waals surface area contributed by atoms with Crippen molar-refractivity contribution in [3.05, 3.63) is 54.1 Å². The normalized spacial score (nSPS) is 11.4. The highest BCUT2D eigenvalue weighted by atomic mass is 32.2. The molecule has 0 aliphatic rings. The van der Waals surface area contributed by atoms with E-state index in [4.69, 9.17) is 5.14 Å². The van der Waals surface area contributed by atoms with Crippen LogP contribution in [0.5, 0.6) is 0 Å². The van der Waals surface area contributed by atoms with Crippen molar-refractivity contribution in [3.63, 3.8) is 0 Å². The molecule has 0 saturated carbocycles. The summed E-state index contributed by atoms with van der Waals surface area (Å²) in [4.78, 5) is 28.6. The van der Waals surface area contributed by atoms with Crippen LogP contribution in [0.1, 0.15) is 23.7 Å². The molecule has 0 bridgehead atoms. The summed E-state index contributed by atoms with van der Waals surface area (Å²) in [6.07, 6.45) is 0.829. The molecule has 2 aromatic carbocycles. The van der Waals surface area contributed by atoms with Gasteiger partial charge in [-0.1, -0.05) is 36.9 Å². The number of fused-ring (bicyclic) bond motifs is 1. The largest absolute Gasteiger partial charge is 0.319 e. The van der Waals surface area contributed by atoms with E-state index in [9.17, 15) is 18.0 Å². The highest BCUT2D eigenvalue weighted by Crippen LogP contribution is 2.26. The van der Waals surface area contributed by atoms with E-state index in [1.54, 1.807) is 36.4 Å². The maximum atomic E-state index is 12.1. The van der Waals surface area contributed by atoms with Crippen molar-refractivity contribution in [1.29, 1.82) is 0 Å². The Hall–Kier alpha value is -2.89. The van der Waals surface area contributed by atoms with Crippen molar-refractivity contribution in [2.24, 2.45) is 5.14 Å². The first kappa shape index (κ1) is 21.8. The molecule has 0 fully saturated rings. The second-order valence-electron chi connectivity index (χ2n) is 6.40. The minimum atomic E-state index is -3.83. The monoisotopic (exact) mass is 447 g/mol.